The van der Waals surface area contributed by atoms with Gasteiger partial charge in [0, 0.05) is 6.54 Å². The third-order valence-electron chi connectivity index (χ3n) is 3.68. The van der Waals surface area contributed by atoms with Gasteiger partial charge in [-0.1, -0.05) is 31.5 Å². The molecule has 0 radical (unpaired) electrons. The van der Waals surface area contributed by atoms with Crippen LogP contribution in [0.4, 0.5) is 0 Å². The van der Waals surface area contributed by atoms with Crippen molar-refractivity contribution < 1.29 is 9.90 Å². The SMILES string of the molecule is Cc1nnc(SCC(=O)O)n1CC1CCCC1C. The fraction of sp³-hybridized carbons (Fsp3) is 0.750. The molecule has 2 atom stereocenters. The second kappa shape index (κ2) is 5.73. The fourth-order valence-corrected chi connectivity index (χ4v) is 3.25. The van der Waals surface area contributed by atoms with E-state index in [1.165, 1.54) is 31.0 Å². The summed E-state index contributed by atoms with van der Waals surface area (Å²) in [7, 11) is 0. The van der Waals surface area contributed by atoms with Gasteiger partial charge in [0.15, 0.2) is 5.16 Å². The first kappa shape index (κ1) is 13.4. The molecule has 2 rings (SSSR count). The van der Waals surface area contributed by atoms with Gasteiger partial charge in [-0.3, -0.25) is 4.79 Å². The van der Waals surface area contributed by atoms with Gasteiger partial charge < -0.3 is 9.67 Å². The lowest BCUT2D eigenvalue weighted by Crippen LogP contribution is -2.15. The van der Waals surface area contributed by atoms with E-state index in [1.807, 2.05) is 6.92 Å². The van der Waals surface area contributed by atoms with E-state index in [0.29, 0.717) is 5.92 Å². The van der Waals surface area contributed by atoms with E-state index >= 15 is 0 Å². The van der Waals surface area contributed by atoms with E-state index < -0.39 is 5.97 Å². The maximum absolute atomic E-state index is 10.6. The summed E-state index contributed by atoms with van der Waals surface area (Å²) in [5.74, 6) is 1.51. The number of thioether (sulfide) groups is 1. The number of nitrogens with zero attached hydrogens (tertiary/aromatic N) is 3. The predicted octanol–water partition coefficient (Wildman–Crippen LogP) is 2.20. The lowest BCUT2D eigenvalue weighted by molar-refractivity contribution is -0.133. The van der Waals surface area contributed by atoms with Crippen LogP contribution in [-0.2, 0) is 11.3 Å². The van der Waals surface area contributed by atoms with Crippen molar-refractivity contribution in [1.82, 2.24) is 14.8 Å². The number of aromatic nitrogens is 3. The molecule has 1 saturated carbocycles. The van der Waals surface area contributed by atoms with Crippen LogP contribution in [0.3, 0.4) is 0 Å². The molecule has 0 saturated heterocycles. The Labute approximate surface area is 111 Å². The van der Waals surface area contributed by atoms with Gasteiger partial charge in [-0.05, 0) is 25.2 Å². The van der Waals surface area contributed by atoms with Crippen LogP contribution in [0, 0.1) is 18.8 Å². The molecule has 5 nitrogen and oxygen atoms in total. The van der Waals surface area contributed by atoms with Crippen molar-refractivity contribution in [2.75, 3.05) is 5.75 Å². The molecule has 6 heteroatoms. The second-order valence-corrected chi connectivity index (χ2v) is 5.93. The van der Waals surface area contributed by atoms with E-state index in [-0.39, 0.29) is 5.75 Å². The Bertz CT molecular complexity index is 433. The van der Waals surface area contributed by atoms with Crippen molar-refractivity contribution in [2.24, 2.45) is 11.8 Å². The molecule has 2 unspecified atom stereocenters. The lowest BCUT2D eigenvalue weighted by atomic mass is 9.98. The summed E-state index contributed by atoms with van der Waals surface area (Å²) >= 11 is 1.25. The zero-order valence-electron chi connectivity index (χ0n) is 10.8. The normalized spacial score (nSPS) is 23.4. The van der Waals surface area contributed by atoms with Crippen LogP contribution in [0.15, 0.2) is 5.16 Å². The molecular weight excluding hydrogens is 250 g/mol. The maximum atomic E-state index is 10.6. The third kappa shape index (κ3) is 3.04. The minimum Gasteiger partial charge on any atom is -0.481 e. The molecule has 0 aliphatic heterocycles. The first-order valence-electron chi connectivity index (χ1n) is 6.32. The van der Waals surface area contributed by atoms with Crippen molar-refractivity contribution in [1.29, 1.82) is 0 Å². The molecule has 1 aliphatic rings. The highest BCUT2D eigenvalue weighted by atomic mass is 32.2. The largest absolute Gasteiger partial charge is 0.481 e. The number of hydrogen-bond donors (Lipinski definition) is 1. The maximum Gasteiger partial charge on any atom is 0.313 e. The van der Waals surface area contributed by atoms with Gasteiger partial charge in [0.25, 0.3) is 0 Å². The molecule has 1 aromatic heterocycles. The summed E-state index contributed by atoms with van der Waals surface area (Å²) < 4.78 is 2.07. The monoisotopic (exact) mass is 269 g/mol. The van der Waals surface area contributed by atoms with Crippen LogP contribution in [0.5, 0.6) is 0 Å². The molecule has 1 aliphatic carbocycles. The molecule has 100 valence electrons. The van der Waals surface area contributed by atoms with Crippen molar-refractivity contribution in [2.45, 2.75) is 44.8 Å². The van der Waals surface area contributed by atoms with E-state index in [1.54, 1.807) is 0 Å². The van der Waals surface area contributed by atoms with Gasteiger partial charge in [-0.25, -0.2) is 0 Å². The molecule has 0 aromatic carbocycles. The minimum absolute atomic E-state index is 0.0400. The molecule has 1 fully saturated rings. The highest BCUT2D eigenvalue weighted by Crippen LogP contribution is 2.33. The smallest absolute Gasteiger partial charge is 0.313 e. The fourth-order valence-electron chi connectivity index (χ4n) is 2.53. The summed E-state index contributed by atoms with van der Waals surface area (Å²) in [4.78, 5) is 10.6. The van der Waals surface area contributed by atoms with Gasteiger partial charge in [0.1, 0.15) is 5.82 Å². The number of carboxylic acids is 1. The number of hydrogen-bond acceptors (Lipinski definition) is 4. The van der Waals surface area contributed by atoms with Crippen molar-refractivity contribution in [3.63, 3.8) is 0 Å². The van der Waals surface area contributed by atoms with E-state index in [2.05, 4.69) is 21.7 Å². The van der Waals surface area contributed by atoms with Crippen LogP contribution in [0.25, 0.3) is 0 Å². The molecule has 0 spiro atoms. The highest BCUT2D eigenvalue weighted by Gasteiger charge is 2.25. The van der Waals surface area contributed by atoms with Crippen molar-refractivity contribution in [3.8, 4) is 0 Å². The molecule has 18 heavy (non-hydrogen) atoms. The number of aliphatic carboxylic acids is 1. The average Bonchev–Trinajstić information content (AvgIpc) is 2.86. The Morgan fingerprint density at radius 1 is 1.50 bits per heavy atom. The summed E-state index contributed by atoms with van der Waals surface area (Å²) in [6.07, 6.45) is 3.84. The van der Waals surface area contributed by atoms with Crippen LogP contribution in [-0.4, -0.2) is 31.6 Å². The topological polar surface area (TPSA) is 68.0 Å². The average molecular weight is 269 g/mol. The molecule has 1 N–H and O–H groups in total. The van der Waals surface area contributed by atoms with Gasteiger partial charge in [0.2, 0.25) is 0 Å². The van der Waals surface area contributed by atoms with Crippen LogP contribution >= 0.6 is 11.8 Å². The van der Waals surface area contributed by atoms with Crippen molar-refractivity contribution >= 4 is 17.7 Å². The summed E-state index contributed by atoms with van der Waals surface area (Å²) in [6.45, 7) is 5.14. The van der Waals surface area contributed by atoms with Crippen LogP contribution in [0.1, 0.15) is 32.0 Å². The predicted molar refractivity (Wildman–Crippen MR) is 69.6 cm³/mol. The molecule has 1 aromatic rings. The van der Waals surface area contributed by atoms with Crippen LogP contribution in [0.2, 0.25) is 0 Å². The standard InChI is InChI=1S/C12H19N3O2S/c1-8-4-3-5-10(8)6-15-9(2)13-14-12(15)18-7-11(16)17/h8,10H,3-7H2,1-2H3,(H,16,17). The van der Waals surface area contributed by atoms with Crippen LogP contribution < -0.4 is 0 Å². The Balaban J connectivity index is 2.06. The molecule has 0 bridgehead atoms. The van der Waals surface area contributed by atoms with Gasteiger partial charge in [-0.2, -0.15) is 0 Å². The van der Waals surface area contributed by atoms with E-state index in [4.69, 9.17) is 5.11 Å². The lowest BCUT2D eigenvalue weighted by Gasteiger charge is -2.17. The Morgan fingerprint density at radius 3 is 2.89 bits per heavy atom. The van der Waals surface area contributed by atoms with E-state index in [0.717, 1.165) is 23.4 Å². The quantitative estimate of drug-likeness (QED) is 0.830. The number of aryl methyl sites for hydroxylation is 1. The Kier molecular flexibility index (Phi) is 4.27. The van der Waals surface area contributed by atoms with Gasteiger partial charge in [0.05, 0.1) is 5.75 Å². The zero-order valence-corrected chi connectivity index (χ0v) is 11.6. The molecule has 1 heterocycles. The summed E-state index contributed by atoms with van der Waals surface area (Å²) in [5, 5.41) is 17.6. The number of rotatable bonds is 5. The Morgan fingerprint density at radius 2 is 2.28 bits per heavy atom. The summed E-state index contributed by atoms with van der Waals surface area (Å²) in [5.41, 5.74) is 0. The first-order chi connectivity index (χ1) is 8.58. The third-order valence-corrected chi connectivity index (χ3v) is 4.63. The number of carbonyl (C=O) groups is 1. The van der Waals surface area contributed by atoms with E-state index in [9.17, 15) is 4.79 Å². The Hall–Kier alpha value is -1.04. The summed E-state index contributed by atoms with van der Waals surface area (Å²) in [6, 6.07) is 0. The first-order valence-corrected chi connectivity index (χ1v) is 7.31. The van der Waals surface area contributed by atoms with Gasteiger partial charge in [-0.15, -0.1) is 10.2 Å². The minimum atomic E-state index is -0.818. The van der Waals surface area contributed by atoms with Gasteiger partial charge >= 0.3 is 5.97 Å². The molecular formula is C12H19N3O2S. The highest BCUT2D eigenvalue weighted by molar-refractivity contribution is 7.99. The molecule has 0 amide bonds. The number of carboxylic acid groups (broad SMARTS) is 1. The zero-order chi connectivity index (χ0) is 13.1. The second-order valence-electron chi connectivity index (χ2n) is 4.99. The van der Waals surface area contributed by atoms with Crippen molar-refractivity contribution in [3.05, 3.63) is 5.82 Å².